The number of alkyl halides is 3. The second kappa shape index (κ2) is 6.79. The summed E-state index contributed by atoms with van der Waals surface area (Å²) in [6.07, 6.45) is -3.24. The minimum Gasteiger partial charge on any atom is -0.312 e. The Morgan fingerprint density at radius 1 is 1.29 bits per heavy atom. The molecule has 2 rings (SSSR count). The zero-order valence-electron chi connectivity index (χ0n) is 12.6. The normalized spacial score (nSPS) is 20.1. The van der Waals surface area contributed by atoms with Gasteiger partial charge in [-0.2, -0.15) is 13.2 Å². The third-order valence-electron chi connectivity index (χ3n) is 4.24. The summed E-state index contributed by atoms with van der Waals surface area (Å²) in [6, 6.07) is 6.23. The van der Waals surface area contributed by atoms with Gasteiger partial charge in [-0.1, -0.05) is 18.2 Å². The number of hydrogen-bond donors (Lipinski definition) is 1. The van der Waals surface area contributed by atoms with E-state index < -0.39 is 12.7 Å². The smallest absolute Gasteiger partial charge is 0.312 e. The highest BCUT2D eigenvalue weighted by atomic mass is 19.4. The van der Waals surface area contributed by atoms with Crippen LogP contribution in [0.15, 0.2) is 18.2 Å². The molecule has 0 bridgehead atoms. The number of nitrogens with one attached hydrogen (secondary N) is 1. The van der Waals surface area contributed by atoms with Crippen LogP contribution in [0.25, 0.3) is 0 Å². The number of aryl methyl sites for hydroxylation is 1. The molecule has 118 valence electrons. The van der Waals surface area contributed by atoms with Crippen LogP contribution in [0.1, 0.15) is 23.1 Å². The van der Waals surface area contributed by atoms with Gasteiger partial charge in [0.1, 0.15) is 0 Å². The van der Waals surface area contributed by atoms with Crippen molar-refractivity contribution in [3.63, 3.8) is 0 Å². The average Bonchev–Trinajstić information content (AvgIpc) is 2.80. The fraction of sp³-hybridized carbons (Fsp3) is 0.625. The predicted octanol–water partition coefficient (Wildman–Crippen LogP) is 3.28. The number of hydrogen-bond acceptors (Lipinski definition) is 2. The molecule has 0 spiro atoms. The van der Waals surface area contributed by atoms with Crippen molar-refractivity contribution < 1.29 is 13.2 Å². The first kappa shape index (κ1) is 16.3. The van der Waals surface area contributed by atoms with Crippen LogP contribution in [-0.2, 0) is 6.54 Å². The quantitative estimate of drug-likeness (QED) is 0.898. The summed E-state index contributed by atoms with van der Waals surface area (Å²) in [5, 5.41) is 3.39. The maximum absolute atomic E-state index is 12.3. The van der Waals surface area contributed by atoms with E-state index in [1.807, 2.05) is 6.07 Å². The molecule has 1 saturated heterocycles. The van der Waals surface area contributed by atoms with E-state index in [4.69, 9.17) is 0 Å². The van der Waals surface area contributed by atoms with E-state index in [9.17, 15) is 13.2 Å². The highest BCUT2D eigenvalue weighted by molar-refractivity contribution is 5.32. The summed E-state index contributed by atoms with van der Waals surface area (Å²) in [4.78, 5) is 1.50. The molecule has 1 aliphatic heterocycles. The average molecular weight is 300 g/mol. The van der Waals surface area contributed by atoms with Crippen molar-refractivity contribution in [1.82, 2.24) is 10.2 Å². The molecule has 0 amide bonds. The van der Waals surface area contributed by atoms with Gasteiger partial charge in [0.2, 0.25) is 0 Å². The molecular formula is C16H23F3N2. The monoisotopic (exact) mass is 300 g/mol. The first-order valence-electron chi connectivity index (χ1n) is 7.40. The predicted molar refractivity (Wildman–Crippen MR) is 78.2 cm³/mol. The zero-order valence-corrected chi connectivity index (χ0v) is 12.6. The molecule has 5 heteroatoms. The summed E-state index contributed by atoms with van der Waals surface area (Å²) >= 11 is 0. The third kappa shape index (κ3) is 5.00. The van der Waals surface area contributed by atoms with Crippen molar-refractivity contribution >= 4 is 0 Å². The van der Waals surface area contributed by atoms with Gasteiger partial charge in [-0.05, 0) is 56.0 Å². The van der Waals surface area contributed by atoms with E-state index in [0.29, 0.717) is 19.0 Å². The van der Waals surface area contributed by atoms with Crippen LogP contribution in [0.3, 0.4) is 0 Å². The Balaban J connectivity index is 1.74. The molecule has 21 heavy (non-hydrogen) atoms. The number of halogens is 3. The Bertz CT molecular complexity index is 471. The Kier molecular flexibility index (Phi) is 5.27. The highest BCUT2D eigenvalue weighted by Gasteiger charge is 2.34. The summed E-state index contributed by atoms with van der Waals surface area (Å²) < 4.78 is 37.0. The lowest BCUT2D eigenvalue weighted by Crippen LogP contribution is -2.33. The van der Waals surface area contributed by atoms with Gasteiger partial charge in [0.25, 0.3) is 0 Å². The van der Waals surface area contributed by atoms with Crippen molar-refractivity contribution in [2.75, 3.05) is 26.2 Å². The number of nitrogens with zero attached hydrogens (tertiary/aromatic N) is 1. The Labute approximate surface area is 124 Å². The van der Waals surface area contributed by atoms with Gasteiger partial charge in [-0.25, -0.2) is 0 Å². The van der Waals surface area contributed by atoms with E-state index in [0.717, 1.165) is 19.5 Å². The van der Waals surface area contributed by atoms with Gasteiger partial charge < -0.3 is 5.32 Å². The van der Waals surface area contributed by atoms with E-state index in [1.54, 1.807) is 0 Å². The summed E-state index contributed by atoms with van der Waals surface area (Å²) in [6.45, 7) is 6.07. The summed E-state index contributed by atoms with van der Waals surface area (Å²) in [5.41, 5.74) is 3.82. The lowest BCUT2D eigenvalue weighted by molar-refractivity contribution is -0.143. The fourth-order valence-electron chi connectivity index (χ4n) is 2.89. The minimum atomic E-state index is -4.08. The molecule has 1 aliphatic rings. The van der Waals surface area contributed by atoms with Crippen molar-refractivity contribution in [3.05, 3.63) is 34.9 Å². The Hall–Kier alpha value is -1.07. The molecule has 0 saturated carbocycles. The van der Waals surface area contributed by atoms with Crippen LogP contribution in [0.5, 0.6) is 0 Å². The third-order valence-corrected chi connectivity index (χ3v) is 4.24. The Morgan fingerprint density at radius 3 is 2.76 bits per heavy atom. The maximum atomic E-state index is 12.3. The fourth-order valence-corrected chi connectivity index (χ4v) is 2.89. The first-order valence-corrected chi connectivity index (χ1v) is 7.40. The van der Waals surface area contributed by atoms with E-state index >= 15 is 0 Å². The van der Waals surface area contributed by atoms with Gasteiger partial charge in [0.15, 0.2) is 0 Å². The first-order chi connectivity index (χ1) is 9.85. The molecule has 1 unspecified atom stereocenters. The lowest BCUT2D eigenvalue weighted by atomic mass is 10.0. The molecule has 1 aromatic carbocycles. The second-order valence-corrected chi connectivity index (χ2v) is 5.99. The molecule has 1 atom stereocenters. The topological polar surface area (TPSA) is 15.3 Å². The van der Waals surface area contributed by atoms with Gasteiger partial charge in [-0.3, -0.25) is 4.90 Å². The van der Waals surface area contributed by atoms with Crippen molar-refractivity contribution in [3.8, 4) is 0 Å². The van der Waals surface area contributed by atoms with Crippen LogP contribution >= 0.6 is 0 Å². The molecule has 1 aromatic rings. The second-order valence-electron chi connectivity index (χ2n) is 5.99. The van der Waals surface area contributed by atoms with E-state index in [-0.39, 0.29) is 0 Å². The highest BCUT2D eigenvalue weighted by Crippen LogP contribution is 2.22. The van der Waals surface area contributed by atoms with Crippen molar-refractivity contribution in [1.29, 1.82) is 0 Å². The van der Waals surface area contributed by atoms with Gasteiger partial charge in [0.05, 0.1) is 6.54 Å². The largest absolute Gasteiger partial charge is 0.401 e. The molecular weight excluding hydrogens is 277 g/mol. The lowest BCUT2D eigenvalue weighted by Gasteiger charge is -2.18. The summed E-state index contributed by atoms with van der Waals surface area (Å²) in [7, 11) is 0. The maximum Gasteiger partial charge on any atom is 0.401 e. The SMILES string of the molecule is Cc1cccc(CNCC2CCN(CC(F)(F)F)C2)c1C. The van der Waals surface area contributed by atoms with Crippen LogP contribution in [0.4, 0.5) is 13.2 Å². The molecule has 0 aromatic heterocycles. The van der Waals surface area contributed by atoms with E-state index in [2.05, 4.69) is 31.3 Å². The van der Waals surface area contributed by atoms with Crippen LogP contribution in [-0.4, -0.2) is 37.3 Å². The Morgan fingerprint density at radius 2 is 2.05 bits per heavy atom. The van der Waals surface area contributed by atoms with Crippen LogP contribution in [0.2, 0.25) is 0 Å². The van der Waals surface area contributed by atoms with Gasteiger partial charge in [-0.15, -0.1) is 0 Å². The van der Waals surface area contributed by atoms with Gasteiger partial charge >= 0.3 is 6.18 Å². The molecule has 0 aliphatic carbocycles. The van der Waals surface area contributed by atoms with Crippen molar-refractivity contribution in [2.24, 2.45) is 5.92 Å². The number of benzene rings is 1. The van der Waals surface area contributed by atoms with Gasteiger partial charge in [0, 0.05) is 13.1 Å². The van der Waals surface area contributed by atoms with Crippen LogP contribution < -0.4 is 5.32 Å². The molecule has 0 radical (unpaired) electrons. The van der Waals surface area contributed by atoms with E-state index in [1.165, 1.54) is 21.6 Å². The minimum absolute atomic E-state index is 0.317. The molecule has 1 heterocycles. The standard InChI is InChI=1S/C16H23F3N2/c1-12-4-3-5-15(13(12)2)9-20-8-14-6-7-21(10-14)11-16(17,18)19/h3-5,14,20H,6-11H2,1-2H3. The molecule has 1 fully saturated rings. The van der Waals surface area contributed by atoms with Crippen LogP contribution in [0, 0.1) is 19.8 Å². The number of likely N-dealkylation sites (tertiary alicyclic amines) is 1. The molecule has 1 N–H and O–H groups in total. The summed E-state index contributed by atoms with van der Waals surface area (Å²) in [5.74, 6) is 0.317. The number of rotatable bonds is 5. The molecule has 2 nitrogen and oxygen atoms in total. The zero-order chi connectivity index (χ0) is 15.5. The van der Waals surface area contributed by atoms with Crippen molar-refractivity contribution in [2.45, 2.75) is 33.0 Å².